The molecule has 1 unspecified atom stereocenters. The molecule has 0 spiro atoms. The third-order valence-corrected chi connectivity index (χ3v) is 6.22. The smallest absolute Gasteiger partial charge is 0.237 e. The van der Waals surface area contributed by atoms with Gasteiger partial charge >= 0.3 is 0 Å². The number of aromatic nitrogens is 3. The number of ether oxygens (including phenoxy) is 1. The molecule has 8 heteroatoms. The number of halogens is 1. The predicted octanol–water partition coefficient (Wildman–Crippen LogP) is 5.76. The van der Waals surface area contributed by atoms with Crippen molar-refractivity contribution in [2.24, 2.45) is 0 Å². The van der Waals surface area contributed by atoms with E-state index in [1.54, 1.807) is 29.2 Å². The highest BCUT2D eigenvalue weighted by Gasteiger charge is 2.21. The molecule has 0 radical (unpaired) electrons. The van der Waals surface area contributed by atoms with Crippen molar-refractivity contribution >= 4 is 5.69 Å². The topological polar surface area (TPSA) is 87.8 Å². The van der Waals surface area contributed by atoms with Crippen LogP contribution < -0.4 is 15.4 Å². The maximum atomic E-state index is 13.4. The number of nitriles is 1. The summed E-state index contributed by atoms with van der Waals surface area (Å²) in [7, 11) is 0. The molecular weight excluding hydrogens is 503 g/mol. The number of benzene rings is 2. The summed E-state index contributed by atoms with van der Waals surface area (Å²) in [6, 6.07) is 18.3. The summed E-state index contributed by atoms with van der Waals surface area (Å²) in [5.74, 6) is 0.339. The van der Waals surface area contributed by atoms with Crippen LogP contribution in [0.2, 0.25) is 0 Å². The highest BCUT2D eigenvalue weighted by atomic mass is 19.1. The van der Waals surface area contributed by atoms with Gasteiger partial charge in [-0.25, -0.2) is 9.37 Å². The molecule has 0 fully saturated rings. The molecule has 1 aliphatic heterocycles. The van der Waals surface area contributed by atoms with Gasteiger partial charge in [-0.3, -0.25) is 4.68 Å². The SMILES string of the molecule is C=C/C=C\C.N#Cc1ccc(CCNCC2CNc3cc(-c4cnn(Cc5cccc(F)c5)c4)cnc3O2)cc1. The lowest BCUT2D eigenvalue weighted by Gasteiger charge is -2.27. The molecule has 3 heterocycles. The first kappa shape index (κ1) is 28.3. The van der Waals surface area contributed by atoms with E-state index in [1.807, 2.05) is 61.7 Å². The molecule has 0 saturated carbocycles. The van der Waals surface area contributed by atoms with Gasteiger partial charge in [-0.1, -0.05) is 49.1 Å². The zero-order chi connectivity index (χ0) is 28.2. The lowest BCUT2D eigenvalue weighted by molar-refractivity contribution is 0.194. The summed E-state index contributed by atoms with van der Waals surface area (Å²) >= 11 is 0. The minimum absolute atomic E-state index is 0.0177. The van der Waals surface area contributed by atoms with E-state index in [0.717, 1.165) is 35.3 Å². The first-order chi connectivity index (χ1) is 19.6. The largest absolute Gasteiger partial charge is 0.470 e. The van der Waals surface area contributed by atoms with Crippen LogP contribution in [0, 0.1) is 17.1 Å². The van der Waals surface area contributed by atoms with E-state index in [2.05, 4.69) is 33.4 Å². The van der Waals surface area contributed by atoms with E-state index in [4.69, 9.17) is 10.00 Å². The van der Waals surface area contributed by atoms with E-state index in [-0.39, 0.29) is 11.9 Å². The van der Waals surface area contributed by atoms with Crippen molar-refractivity contribution in [1.29, 1.82) is 5.26 Å². The van der Waals surface area contributed by atoms with E-state index in [1.165, 1.54) is 17.7 Å². The normalized spacial score (nSPS) is 13.8. The Morgan fingerprint density at radius 1 is 1.18 bits per heavy atom. The highest BCUT2D eigenvalue weighted by molar-refractivity contribution is 5.69. The Balaban J connectivity index is 0.000000681. The van der Waals surface area contributed by atoms with E-state index < -0.39 is 0 Å². The van der Waals surface area contributed by atoms with Gasteiger partial charge in [0.25, 0.3) is 0 Å². The fourth-order valence-electron chi connectivity index (χ4n) is 4.17. The van der Waals surface area contributed by atoms with Gasteiger partial charge < -0.3 is 15.4 Å². The zero-order valence-corrected chi connectivity index (χ0v) is 22.6. The first-order valence-corrected chi connectivity index (χ1v) is 13.2. The summed E-state index contributed by atoms with van der Waals surface area (Å²) in [6.07, 6.45) is 11.9. The van der Waals surface area contributed by atoms with E-state index in [9.17, 15) is 4.39 Å². The standard InChI is InChI=1S/C27H25FN6O.C5H8/c28-24-3-1-2-21(10-24)17-34-18-23(14-33-34)22-11-26-27(32-13-22)35-25(16-31-26)15-30-9-8-19-4-6-20(12-29)7-5-19;1-3-5-4-2/h1-7,10-11,13-14,18,25,30-31H,8-9,15-17H2;3-5H,1H2,2H3/b;5-4-. The average Bonchev–Trinajstić information content (AvgIpc) is 3.44. The molecule has 204 valence electrons. The van der Waals surface area contributed by atoms with Crippen LogP contribution in [0.3, 0.4) is 0 Å². The Morgan fingerprint density at radius 3 is 2.75 bits per heavy atom. The van der Waals surface area contributed by atoms with Gasteiger partial charge in [0, 0.05) is 30.1 Å². The first-order valence-electron chi connectivity index (χ1n) is 13.2. The molecule has 4 aromatic rings. The second kappa shape index (κ2) is 14.4. The van der Waals surface area contributed by atoms with Crippen LogP contribution in [0.5, 0.6) is 5.88 Å². The zero-order valence-electron chi connectivity index (χ0n) is 22.6. The minimum atomic E-state index is -0.250. The number of pyridine rings is 1. The fraction of sp³-hybridized carbons (Fsp3) is 0.219. The Bertz CT molecular complexity index is 1470. The molecule has 2 aromatic carbocycles. The minimum Gasteiger partial charge on any atom is -0.470 e. The Kier molecular flexibility index (Phi) is 10.2. The van der Waals surface area contributed by atoms with Gasteiger partial charge in [0.1, 0.15) is 11.9 Å². The summed E-state index contributed by atoms with van der Waals surface area (Å²) in [6.45, 7) is 8.13. The van der Waals surface area contributed by atoms with Crippen LogP contribution >= 0.6 is 0 Å². The molecule has 2 aromatic heterocycles. The molecule has 2 N–H and O–H groups in total. The Morgan fingerprint density at radius 2 is 2.02 bits per heavy atom. The molecule has 0 bridgehead atoms. The molecule has 5 rings (SSSR count). The molecular formula is C32H33FN6O. The Hall–Kier alpha value is -4.74. The van der Waals surface area contributed by atoms with Gasteiger partial charge in [0.2, 0.25) is 5.88 Å². The van der Waals surface area contributed by atoms with Crippen LogP contribution in [-0.2, 0) is 13.0 Å². The molecule has 1 atom stereocenters. The van der Waals surface area contributed by atoms with Crippen molar-refractivity contribution < 1.29 is 9.13 Å². The number of nitrogens with one attached hydrogen (secondary N) is 2. The third-order valence-electron chi connectivity index (χ3n) is 6.22. The second-order valence-corrected chi connectivity index (χ2v) is 9.28. The molecule has 1 aliphatic rings. The number of rotatable bonds is 9. The van der Waals surface area contributed by atoms with E-state index >= 15 is 0 Å². The third kappa shape index (κ3) is 8.13. The van der Waals surface area contributed by atoms with Crippen molar-refractivity contribution in [2.45, 2.75) is 26.0 Å². The fourth-order valence-corrected chi connectivity index (χ4v) is 4.17. The Labute approximate surface area is 234 Å². The average molecular weight is 537 g/mol. The van der Waals surface area contributed by atoms with Gasteiger partial charge in [-0.05, 0) is 61.3 Å². The molecule has 0 amide bonds. The summed E-state index contributed by atoms with van der Waals surface area (Å²) in [4.78, 5) is 4.52. The van der Waals surface area contributed by atoms with Crippen molar-refractivity contribution in [3.05, 3.63) is 121 Å². The monoisotopic (exact) mass is 536 g/mol. The molecule has 0 aliphatic carbocycles. The number of hydrogen-bond donors (Lipinski definition) is 2. The number of hydrogen-bond acceptors (Lipinski definition) is 6. The summed E-state index contributed by atoms with van der Waals surface area (Å²) < 4.78 is 21.3. The van der Waals surface area contributed by atoms with Gasteiger partial charge in [-0.2, -0.15) is 10.4 Å². The van der Waals surface area contributed by atoms with Crippen LogP contribution in [-0.4, -0.2) is 40.5 Å². The second-order valence-electron chi connectivity index (χ2n) is 9.28. The highest BCUT2D eigenvalue weighted by Crippen LogP contribution is 2.31. The predicted molar refractivity (Wildman–Crippen MR) is 157 cm³/mol. The van der Waals surface area contributed by atoms with Gasteiger partial charge in [-0.15, -0.1) is 0 Å². The van der Waals surface area contributed by atoms with Crippen molar-refractivity contribution in [1.82, 2.24) is 20.1 Å². The number of anilines is 1. The number of fused-ring (bicyclic) bond motifs is 1. The van der Waals surface area contributed by atoms with Crippen LogP contribution in [0.4, 0.5) is 10.1 Å². The number of nitrogens with zero attached hydrogens (tertiary/aromatic N) is 4. The quantitative estimate of drug-likeness (QED) is 0.209. The maximum Gasteiger partial charge on any atom is 0.237 e. The van der Waals surface area contributed by atoms with Crippen LogP contribution in [0.25, 0.3) is 11.1 Å². The molecule has 40 heavy (non-hydrogen) atoms. The van der Waals surface area contributed by atoms with Crippen molar-refractivity contribution in [3.63, 3.8) is 0 Å². The summed E-state index contributed by atoms with van der Waals surface area (Å²) in [5, 5.41) is 20.1. The van der Waals surface area contributed by atoms with Gasteiger partial charge in [0.15, 0.2) is 0 Å². The lowest BCUT2D eigenvalue weighted by atomic mass is 10.1. The van der Waals surface area contributed by atoms with Crippen LogP contribution in [0.15, 0.2) is 98.0 Å². The van der Waals surface area contributed by atoms with Crippen molar-refractivity contribution in [2.75, 3.05) is 25.0 Å². The van der Waals surface area contributed by atoms with Crippen LogP contribution in [0.1, 0.15) is 23.6 Å². The lowest BCUT2D eigenvalue weighted by Crippen LogP contribution is -2.40. The molecule has 7 nitrogen and oxygen atoms in total. The van der Waals surface area contributed by atoms with Crippen molar-refractivity contribution in [3.8, 4) is 23.1 Å². The van der Waals surface area contributed by atoms with E-state index in [0.29, 0.717) is 31.1 Å². The number of allylic oxidation sites excluding steroid dienone is 3. The van der Waals surface area contributed by atoms with Gasteiger partial charge in [0.05, 0.1) is 36.6 Å². The molecule has 0 saturated heterocycles. The maximum absolute atomic E-state index is 13.4. The summed E-state index contributed by atoms with van der Waals surface area (Å²) in [5.41, 5.74) is 5.45.